The minimum Gasteiger partial charge on any atom is -0.365 e. The predicted octanol–water partition coefficient (Wildman–Crippen LogP) is 2.28. The van der Waals surface area contributed by atoms with Crippen LogP contribution in [0.25, 0.3) is 0 Å². The summed E-state index contributed by atoms with van der Waals surface area (Å²) in [4.78, 5) is 13.7. The van der Waals surface area contributed by atoms with Gasteiger partial charge in [-0.25, -0.2) is 4.39 Å². The fraction of sp³-hybridized carbons (Fsp3) is 0.562. The highest BCUT2D eigenvalue weighted by molar-refractivity contribution is 5.81. The van der Waals surface area contributed by atoms with Gasteiger partial charge in [-0.1, -0.05) is 13.8 Å². The van der Waals surface area contributed by atoms with Crippen LogP contribution in [0.5, 0.6) is 0 Å². The molecule has 5 heteroatoms. The lowest BCUT2D eigenvalue weighted by atomic mass is 10.1. The van der Waals surface area contributed by atoms with Crippen molar-refractivity contribution in [3.05, 3.63) is 29.6 Å². The maximum atomic E-state index is 13.4. The fourth-order valence-electron chi connectivity index (χ4n) is 2.05. The molecular formula is C16H26FN3O. The molecule has 1 rings (SSSR count). The van der Waals surface area contributed by atoms with Gasteiger partial charge in [-0.15, -0.1) is 0 Å². The molecule has 0 heterocycles. The van der Waals surface area contributed by atoms with Crippen molar-refractivity contribution >= 4 is 11.6 Å². The summed E-state index contributed by atoms with van der Waals surface area (Å²) < 4.78 is 13.4. The minimum atomic E-state index is -0.265. The Morgan fingerprint density at radius 3 is 2.48 bits per heavy atom. The van der Waals surface area contributed by atoms with Crippen LogP contribution < -0.4 is 15.5 Å². The lowest BCUT2D eigenvalue weighted by Crippen LogP contribution is -2.39. The molecule has 0 aliphatic heterocycles. The monoisotopic (exact) mass is 295 g/mol. The van der Waals surface area contributed by atoms with Gasteiger partial charge in [0.25, 0.3) is 0 Å². The molecule has 0 atom stereocenters. The van der Waals surface area contributed by atoms with Gasteiger partial charge in [0.2, 0.25) is 5.91 Å². The normalized spacial score (nSPS) is 11.0. The van der Waals surface area contributed by atoms with E-state index in [-0.39, 0.29) is 24.3 Å². The van der Waals surface area contributed by atoms with Crippen molar-refractivity contribution in [2.45, 2.75) is 46.3 Å². The highest BCUT2D eigenvalue weighted by Crippen LogP contribution is 2.20. The summed E-state index contributed by atoms with van der Waals surface area (Å²) >= 11 is 0. The summed E-state index contributed by atoms with van der Waals surface area (Å²) in [6.45, 7) is 8.75. The van der Waals surface area contributed by atoms with Crippen molar-refractivity contribution in [2.24, 2.45) is 0 Å². The second-order valence-corrected chi connectivity index (χ2v) is 5.89. The Balaban J connectivity index is 2.82. The Kier molecular flexibility index (Phi) is 6.62. The van der Waals surface area contributed by atoms with Crippen LogP contribution in [0.2, 0.25) is 0 Å². The van der Waals surface area contributed by atoms with Crippen LogP contribution in [-0.2, 0) is 11.3 Å². The quantitative estimate of drug-likeness (QED) is 0.811. The van der Waals surface area contributed by atoms with E-state index in [9.17, 15) is 9.18 Å². The SMILES string of the molecule is CC(C)NCc1cc(F)ccc1N(C)CC(=O)NC(C)C. The van der Waals surface area contributed by atoms with Crippen LogP contribution in [0.1, 0.15) is 33.3 Å². The molecule has 0 unspecified atom stereocenters. The number of likely N-dealkylation sites (N-methyl/N-ethyl adjacent to an activating group) is 1. The van der Waals surface area contributed by atoms with Gasteiger partial charge in [-0.05, 0) is 37.6 Å². The van der Waals surface area contributed by atoms with E-state index in [0.717, 1.165) is 11.3 Å². The number of amides is 1. The molecule has 0 aliphatic carbocycles. The number of hydrogen-bond acceptors (Lipinski definition) is 3. The highest BCUT2D eigenvalue weighted by Gasteiger charge is 2.13. The molecule has 1 aromatic carbocycles. The maximum Gasteiger partial charge on any atom is 0.239 e. The molecule has 0 saturated heterocycles. The van der Waals surface area contributed by atoms with Gasteiger partial charge in [0.15, 0.2) is 0 Å². The number of anilines is 1. The first-order valence-electron chi connectivity index (χ1n) is 7.32. The third-order valence-electron chi connectivity index (χ3n) is 2.98. The van der Waals surface area contributed by atoms with Crippen LogP contribution in [-0.4, -0.2) is 31.6 Å². The van der Waals surface area contributed by atoms with Crippen LogP contribution in [0.15, 0.2) is 18.2 Å². The summed E-state index contributed by atoms with van der Waals surface area (Å²) in [5.74, 6) is -0.307. The molecule has 118 valence electrons. The van der Waals surface area contributed by atoms with Crippen molar-refractivity contribution in [3.8, 4) is 0 Å². The summed E-state index contributed by atoms with van der Waals surface area (Å²) in [7, 11) is 1.84. The van der Waals surface area contributed by atoms with Gasteiger partial charge in [-0.2, -0.15) is 0 Å². The molecule has 4 nitrogen and oxygen atoms in total. The first-order valence-corrected chi connectivity index (χ1v) is 7.32. The smallest absolute Gasteiger partial charge is 0.239 e. The summed E-state index contributed by atoms with van der Waals surface area (Å²) in [5, 5.41) is 6.13. The Labute approximate surface area is 126 Å². The van der Waals surface area contributed by atoms with E-state index in [2.05, 4.69) is 10.6 Å². The number of nitrogens with zero attached hydrogens (tertiary/aromatic N) is 1. The molecule has 2 N–H and O–H groups in total. The van der Waals surface area contributed by atoms with E-state index in [4.69, 9.17) is 0 Å². The number of hydrogen-bond donors (Lipinski definition) is 2. The van der Waals surface area contributed by atoms with Crippen molar-refractivity contribution < 1.29 is 9.18 Å². The van der Waals surface area contributed by atoms with Gasteiger partial charge in [-0.3, -0.25) is 4.79 Å². The molecule has 21 heavy (non-hydrogen) atoms. The lowest BCUT2D eigenvalue weighted by Gasteiger charge is -2.23. The first kappa shape index (κ1) is 17.4. The summed E-state index contributed by atoms with van der Waals surface area (Å²) in [6, 6.07) is 5.08. The van der Waals surface area contributed by atoms with E-state index < -0.39 is 0 Å². The van der Waals surface area contributed by atoms with E-state index in [0.29, 0.717) is 12.6 Å². The average molecular weight is 295 g/mol. The molecule has 0 aromatic heterocycles. The number of halogens is 1. The number of benzene rings is 1. The lowest BCUT2D eigenvalue weighted by molar-refractivity contribution is -0.120. The van der Waals surface area contributed by atoms with E-state index in [1.807, 2.05) is 39.6 Å². The van der Waals surface area contributed by atoms with Crippen molar-refractivity contribution in [1.29, 1.82) is 0 Å². The van der Waals surface area contributed by atoms with Crippen LogP contribution in [0, 0.1) is 5.82 Å². The standard InChI is InChI=1S/C16H26FN3O/c1-11(2)18-9-13-8-14(17)6-7-15(13)20(5)10-16(21)19-12(3)4/h6-8,11-12,18H,9-10H2,1-5H3,(H,19,21). The maximum absolute atomic E-state index is 13.4. The van der Waals surface area contributed by atoms with Crippen LogP contribution in [0.4, 0.5) is 10.1 Å². The van der Waals surface area contributed by atoms with Gasteiger partial charge in [0.05, 0.1) is 6.54 Å². The van der Waals surface area contributed by atoms with Gasteiger partial charge >= 0.3 is 0 Å². The zero-order valence-corrected chi connectivity index (χ0v) is 13.5. The molecule has 0 bridgehead atoms. The third kappa shape index (κ3) is 6.12. The Morgan fingerprint density at radius 2 is 1.90 bits per heavy atom. The topological polar surface area (TPSA) is 44.4 Å². The Hall–Kier alpha value is -1.62. The average Bonchev–Trinajstić information content (AvgIpc) is 2.34. The van der Waals surface area contributed by atoms with E-state index in [1.54, 1.807) is 6.07 Å². The summed E-state index contributed by atoms with van der Waals surface area (Å²) in [5.41, 5.74) is 1.71. The highest BCUT2D eigenvalue weighted by atomic mass is 19.1. The molecular weight excluding hydrogens is 269 g/mol. The second-order valence-electron chi connectivity index (χ2n) is 5.89. The first-order chi connectivity index (χ1) is 9.79. The second kappa shape index (κ2) is 7.98. The van der Waals surface area contributed by atoms with E-state index >= 15 is 0 Å². The Morgan fingerprint density at radius 1 is 1.24 bits per heavy atom. The van der Waals surface area contributed by atoms with Gasteiger partial charge in [0.1, 0.15) is 5.82 Å². The molecule has 1 aromatic rings. The molecule has 1 amide bonds. The zero-order chi connectivity index (χ0) is 16.0. The number of rotatable bonds is 7. The summed E-state index contributed by atoms with van der Waals surface area (Å²) in [6.07, 6.45) is 0. The van der Waals surface area contributed by atoms with Crippen molar-refractivity contribution in [1.82, 2.24) is 10.6 Å². The molecule has 0 fully saturated rings. The largest absolute Gasteiger partial charge is 0.365 e. The molecule has 0 spiro atoms. The van der Waals surface area contributed by atoms with Gasteiger partial charge < -0.3 is 15.5 Å². The Bertz CT molecular complexity index is 475. The van der Waals surface area contributed by atoms with E-state index in [1.165, 1.54) is 12.1 Å². The van der Waals surface area contributed by atoms with Gasteiger partial charge in [0, 0.05) is 31.4 Å². The van der Waals surface area contributed by atoms with Crippen molar-refractivity contribution in [2.75, 3.05) is 18.5 Å². The minimum absolute atomic E-state index is 0.0420. The zero-order valence-electron chi connectivity index (χ0n) is 13.5. The third-order valence-corrected chi connectivity index (χ3v) is 2.98. The van der Waals surface area contributed by atoms with Crippen molar-refractivity contribution in [3.63, 3.8) is 0 Å². The number of nitrogens with one attached hydrogen (secondary N) is 2. The molecule has 0 radical (unpaired) electrons. The van der Waals surface area contributed by atoms with Crippen LogP contribution in [0.3, 0.4) is 0 Å². The fourth-order valence-corrected chi connectivity index (χ4v) is 2.05. The van der Waals surface area contributed by atoms with Crippen LogP contribution >= 0.6 is 0 Å². The molecule has 0 aliphatic rings. The number of carbonyl (C=O) groups excluding carboxylic acids is 1. The number of carbonyl (C=O) groups is 1. The molecule has 0 saturated carbocycles. The predicted molar refractivity (Wildman–Crippen MR) is 84.9 cm³/mol.